The first-order chi connectivity index (χ1) is 12.6. The summed E-state index contributed by atoms with van der Waals surface area (Å²) in [5.74, 6) is -0.0866. The van der Waals surface area contributed by atoms with Crippen molar-refractivity contribution in [1.82, 2.24) is 4.90 Å². The van der Waals surface area contributed by atoms with Crippen LogP contribution in [0.3, 0.4) is 0 Å². The van der Waals surface area contributed by atoms with Crippen LogP contribution < -0.4 is 4.74 Å². The van der Waals surface area contributed by atoms with Crippen LogP contribution in [0, 0.1) is 0 Å². The minimum Gasteiger partial charge on any atom is -0.497 e. The molecule has 2 aromatic rings. The van der Waals surface area contributed by atoms with Gasteiger partial charge in [-0.25, -0.2) is 4.79 Å². The van der Waals surface area contributed by atoms with Crippen LogP contribution in [0.5, 0.6) is 5.75 Å². The summed E-state index contributed by atoms with van der Waals surface area (Å²) in [6, 6.07) is 13.4. The van der Waals surface area contributed by atoms with Crippen molar-refractivity contribution < 1.29 is 19.1 Å². The van der Waals surface area contributed by atoms with Gasteiger partial charge in [-0.2, -0.15) is 0 Å². The Morgan fingerprint density at radius 3 is 2.54 bits per heavy atom. The van der Waals surface area contributed by atoms with Crippen LogP contribution >= 0.6 is 11.6 Å². The summed E-state index contributed by atoms with van der Waals surface area (Å²) in [7, 11) is 2.88. The highest BCUT2D eigenvalue weighted by molar-refractivity contribution is 6.31. The van der Waals surface area contributed by atoms with Crippen molar-refractivity contribution in [1.29, 1.82) is 0 Å². The summed E-state index contributed by atoms with van der Waals surface area (Å²) < 4.78 is 10.1. The molecule has 0 unspecified atom stereocenters. The van der Waals surface area contributed by atoms with E-state index in [0.717, 1.165) is 5.56 Å². The Hall–Kier alpha value is -2.53. The van der Waals surface area contributed by atoms with Gasteiger partial charge in [-0.1, -0.05) is 35.9 Å². The molecule has 1 saturated heterocycles. The van der Waals surface area contributed by atoms with Crippen molar-refractivity contribution >= 4 is 23.5 Å². The van der Waals surface area contributed by atoms with Crippen LogP contribution in [0.25, 0.3) is 0 Å². The fourth-order valence-corrected chi connectivity index (χ4v) is 3.68. The Bertz CT molecular complexity index is 823. The number of benzene rings is 2. The fraction of sp³-hybridized carbons (Fsp3) is 0.300. The molecule has 0 aromatic heterocycles. The Balaban J connectivity index is 2.02. The number of ether oxygens (including phenoxy) is 2. The predicted octanol–water partition coefficient (Wildman–Crippen LogP) is 3.87. The summed E-state index contributed by atoms with van der Waals surface area (Å²) in [5.41, 5.74) is 1.29. The molecule has 2 atom stereocenters. The zero-order valence-electron chi connectivity index (χ0n) is 14.6. The number of likely N-dealkylation sites (tertiary alicyclic amines) is 1. The lowest BCUT2D eigenvalue weighted by molar-refractivity contribution is -0.145. The Kier molecular flexibility index (Phi) is 5.47. The van der Waals surface area contributed by atoms with E-state index in [-0.39, 0.29) is 11.9 Å². The normalized spacial score (nSPS) is 19.3. The number of halogens is 1. The van der Waals surface area contributed by atoms with E-state index in [1.54, 1.807) is 42.3 Å². The van der Waals surface area contributed by atoms with E-state index in [2.05, 4.69) is 0 Å². The fourth-order valence-electron chi connectivity index (χ4n) is 3.42. The van der Waals surface area contributed by atoms with E-state index in [9.17, 15) is 9.59 Å². The van der Waals surface area contributed by atoms with E-state index in [1.807, 2.05) is 18.2 Å². The Labute approximate surface area is 157 Å². The summed E-state index contributed by atoms with van der Waals surface area (Å²) in [6.45, 7) is 0. The van der Waals surface area contributed by atoms with Crippen LogP contribution in [0.4, 0.5) is 0 Å². The predicted molar refractivity (Wildman–Crippen MR) is 98.4 cm³/mol. The molecule has 1 fully saturated rings. The molecule has 0 saturated carbocycles. The number of carbonyl (C=O) groups is 2. The second kappa shape index (κ2) is 7.79. The third kappa shape index (κ3) is 3.40. The minimum absolute atomic E-state index is 0.248. The third-order valence-corrected chi connectivity index (χ3v) is 5.02. The molecular weight excluding hydrogens is 354 g/mol. The molecule has 2 aromatic carbocycles. The molecule has 0 radical (unpaired) electrons. The number of methoxy groups -OCH3 is 2. The van der Waals surface area contributed by atoms with Gasteiger partial charge in [-0.3, -0.25) is 4.79 Å². The van der Waals surface area contributed by atoms with Crippen LogP contribution in [-0.2, 0) is 9.53 Å². The second-order valence-electron chi connectivity index (χ2n) is 6.10. The van der Waals surface area contributed by atoms with E-state index in [4.69, 9.17) is 21.1 Å². The van der Waals surface area contributed by atoms with Gasteiger partial charge in [-0.05, 0) is 42.7 Å². The van der Waals surface area contributed by atoms with Gasteiger partial charge >= 0.3 is 5.97 Å². The molecule has 0 spiro atoms. The molecule has 0 bridgehead atoms. The molecule has 3 rings (SSSR count). The molecule has 1 heterocycles. The molecule has 6 heteroatoms. The van der Waals surface area contributed by atoms with Crippen molar-refractivity contribution in [2.75, 3.05) is 14.2 Å². The number of hydrogen-bond acceptors (Lipinski definition) is 4. The van der Waals surface area contributed by atoms with Gasteiger partial charge < -0.3 is 14.4 Å². The highest BCUT2D eigenvalue weighted by atomic mass is 35.5. The maximum absolute atomic E-state index is 13.3. The van der Waals surface area contributed by atoms with E-state index >= 15 is 0 Å². The monoisotopic (exact) mass is 373 g/mol. The number of amides is 1. The molecule has 0 aliphatic carbocycles. The summed E-state index contributed by atoms with van der Waals surface area (Å²) in [6.07, 6.45) is 1.16. The van der Waals surface area contributed by atoms with Crippen molar-refractivity contribution in [2.45, 2.75) is 24.9 Å². The number of esters is 1. The quantitative estimate of drug-likeness (QED) is 0.763. The van der Waals surface area contributed by atoms with Crippen molar-refractivity contribution in [3.63, 3.8) is 0 Å². The van der Waals surface area contributed by atoms with E-state index < -0.39 is 12.0 Å². The average molecular weight is 374 g/mol. The molecule has 1 aliphatic rings. The molecule has 1 aliphatic heterocycles. The van der Waals surface area contributed by atoms with Crippen LogP contribution in [0.2, 0.25) is 5.02 Å². The van der Waals surface area contributed by atoms with E-state index in [0.29, 0.717) is 29.2 Å². The van der Waals surface area contributed by atoms with Gasteiger partial charge in [0, 0.05) is 10.6 Å². The van der Waals surface area contributed by atoms with Gasteiger partial charge in [0.2, 0.25) is 0 Å². The highest BCUT2D eigenvalue weighted by Crippen LogP contribution is 2.40. The van der Waals surface area contributed by atoms with Crippen LogP contribution in [0.1, 0.15) is 34.8 Å². The number of carbonyl (C=O) groups excluding carboxylic acids is 2. The van der Waals surface area contributed by atoms with Gasteiger partial charge in [0.15, 0.2) is 0 Å². The zero-order chi connectivity index (χ0) is 18.7. The molecular formula is C20H20ClNO4. The summed E-state index contributed by atoms with van der Waals surface area (Å²) in [5, 5.41) is 0.575. The largest absolute Gasteiger partial charge is 0.497 e. The molecule has 5 nitrogen and oxygen atoms in total. The number of hydrogen-bond donors (Lipinski definition) is 0. The van der Waals surface area contributed by atoms with Crippen LogP contribution in [-0.4, -0.2) is 37.0 Å². The lowest BCUT2D eigenvalue weighted by Gasteiger charge is -2.30. The van der Waals surface area contributed by atoms with E-state index in [1.165, 1.54) is 7.11 Å². The first-order valence-corrected chi connectivity index (χ1v) is 8.73. The first-order valence-electron chi connectivity index (χ1n) is 8.35. The Morgan fingerprint density at radius 2 is 1.85 bits per heavy atom. The lowest BCUT2D eigenvalue weighted by atomic mass is 10.0. The van der Waals surface area contributed by atoms with Gasteiger partial charge in [-0.15, -0.1) is 0 Å². The van der Waals surface area contributed by atoms with Crippen molar-refractivity contribution in [3.05, 3.63) is 64.7 Å². The summed E-state index contributed by atoms with van der Waals surface area (Å²) in [4.78, 5) is 27.1. The topological polar surface area (TPSA) is 55.8 Å². The Morgan fingerprint density at radius 1 is 1.08 bits per heavy atom. The molecule has 0 N–H and O–H groups in total. The lowest BCUT2D eigenvalue weighted by Crippen LogP contribution is -2.42. The first kappa shape index (κ1) is 18.3. The number of rotatable bonds is 4. The van der Waals surface area contributed by atoms with Gasteiger partial charge in [0.1, 0.15) is 11.8 Å². The van der Waals surface area contributed by atoms with Crippen molar-refractivity contribution in [2.24, 2.45) is 0 Å². The van der Waals surface area contributed by atoms with Crippen LogP contribution in [0.15, 0.2) is 48.5 Å². The molecule has 26 heavy (non-hydrogen) atoms. The summed E-state index contributed by atoms with van der Waals surface area (Å²) >= 11 is 6.35. The van der Waals surface area contributed by atoms with Gasteiger partial charge in [0.25, 0.3) is 5.91 Å². The molecule has 136 valence electrons. The molecule has 1 amide bonds. The zero-order valence-corrected chi connectivity index (χ0v) is 15.4. The highest BCUT2D eigenvalue weighted by Gasteiger charge is 2.43. The maximum Gasteiger partial charge on any atom is 0.328 e. The maximum atomic E-state index is 13.3. The van der Waals surface area contributed by atoms with Crippen molar-refractivity contribution in [3.8, 4) is 5.75 Å². The second-order valence-corrected chi connectivity index (χ2v) is 6.51. The smallest absolute Gasteiger partial charge is 0.328 e. The minimum atomic E-state index is -0.639. The standard InChI is InChI=1S/C20H20ClNO4/c1-25-14-7-5-6-13(12-14)19(23)22-17(10-11-18(22)20(24)26-2)15-8-3-4-9-16(15)21/h3-9,12,17-18H,10-11H2,1-2H3/t17-,18-/m1/s1. The number of nitrogens with zero attached hydrogens (tertiary/aromatic N) is 1. The average Bonchev–Trinajstić information content (AvgIpc) is 3.12. The SMILES string of the molecule is COC(=O)[C@H]1CC[C@H](c2ccccc2Cl)N1C(=O)c1cccc(OC)c1. The van der Waals surface area contributed by atoms with Gasteiger partial charge in [0.05, 0.1) is 20.3 Å². The third-order valence-electron chi connectivity index (χ3n) is 4.67.